The Morgan fingerprint density at radius 2 is 1.70 bits per heavy atom. The lowest BCUT2D eigenvalue weighted by Crippen LogP contribution is -2.32. The summed E-state index contributed by atoms with van der Waals surface area (Å²) in [5, 5.41) is 3.72. The average molecular weight is 274 g/mol. The van der Waals surface area contributed by atoms with Crippen LogP contribution in [0.3, 0.4) is 0 Å². The Morgan fingerprint density at radius 1 is 1.00 bits per heavy atom. The molecule has 2 nitrogen and oxygen atoms in total. The molecule has 2 heteroatoms. The third-order valence-corrected chi connectivity index (χ3v) is 4.44. The zero-order chi connectivity index (χ0) is 14.5. The van der Waals surface area contributed by atoms with E-state index in [0.29, 0.717) is 18.0 Å². The molecule has 0 spiro atoms. The Balaban J connectivity index is 1.89. The van der Waals surface area contributed by atoms with Gasteiger partial charge in [-0.2, -0.15) is 0 Å². The van der Waals surface area contributed by atoms with Crippen molar-refractivity contribution in [3.05, 3.63) is 29.8 Å². The van der Waals surface area contributed by atoms with Gasteiger partial charge in [-0.05, 0) is 63.3 Å². The molecule has 112 valence electrons. The first kappa shape index (κ1) is 15.4. The van der Waals surface area contributed by atoms with E-state index in [1.807, 2.05) is 0 Å². The number of nitrogens with one attached hydrogen (secondary N) is 1. The van der Waals surface area contributed by atoms with Gasteiger partial charge in [0.2, 0.25) is 0 Å². The summed E-state index contributed by atoms with van der Waals surface area (Å²) in [7, 11) is 0. The topological polar surface area (TPSA) is 15.3 Å². The maximum absolute atomic E-state index is 3.72. The van der Waals surface area contributed by atoms with Crippen molar-refractivity contribution >= 4 is 5.69 Å². The van der Waals surface area contributed by atoms with E-state index < -0.39 is 0 Å². The Bertz CT molecular complexity index is 394. The van der Waals surface area contributed by atoms with E-state index in [1.165, 1.54) is 43.6 Å². The fraction of sp³-hybridized carbons (Fsp3) is 0.667. The zero-order valence-electron chi connectivity index (χ0n) is 13.5. The van der Waals surface area contributed by atoms with Gasteiger partial charge >= 0.3 is 0 Å². The SMILES string of the molecule is CC(C)c1ccc(NC2CCCN(C(C)C)CC2)cc1. The van der Waals surface area contributed by atoms with Crippen LogP contribution in [-0.2, 0) is 0 Å². The molecule has 20 heavy (non-hydrogen) atoms. The summed E-state index contributed by atoms with van der Waals surface area (Å²) in [6, 6.07) is 10.3. The van der Waals surface area contributed by atoms with Gasteiger partial charge in [0.15, 0.2) is 0 Å². The first-order valence-corrected chi connectivity index (χ1v) is 8.17. The van der Waals surface area contributed by atoms with Crippen molar-refractivity contribution in [1.29, 1.82) is 0 Å². The highest BCUT2D eigenvalue weighted by Crippen LogP contribution is 2.21. The van der Waals surface area contributed by atoms with Gasteiger partial charge in [0.1, 0.15) is 0 Å². The molecule has 0 saturated carbocycles. The number of benzene rings is 1. The van der Waals surface area contributed by atoms with E-state index >= 15 is 0 Å². The molecule has 1 fully saturated rings. The molecule has 1 aliphatic heterocycles. The average Bonchev–Trinajstić information content (AvgIpc) is 2.65. The number of anilines is 1. The molecule has 0 aromatic heterocycles. The van der Waals surface area contributed by atoms with Crippen LogP contribution in [0.15, 0.2) is 24.3 Å². The Kier molecular flexibility index (Phi) is 5.47. The van der Waals surface area contributed by atoms with E-state index in [9.17, 15) is 0 Å². The van der Waals surface area contributed by atoms with Crippen molar-refractivity contribution in [2.24, 2.45) is 0 Å². The largest absolute Gasteiger partial charge is 0.382 e. The first-order chi connectivity index (χ1) is 9.56. The molecule has 1 heterocycles. The zero-order valence-corrected chi connectivity index (χ0v) is 13.5. The highest BCUT2D eigenvalue weighted by atomic mass is 15.1. The van der Waals surface area contributed by atoms with E-state index in [1.54, 1.807) is 0 Å². The fourth-order valence-corrected chi connectivity index (χ4v) is 2.98. The second-order valence-electron chi connectivity index (χ2n) is 6.68. The second-order valence-corrected chi connectivity index (χ2v) is 6.68. The molecule has 1 atom stereocenters. The van der Waals surface area contributed by atoms with Crippen molar-refractivity contribution in [3.8, 4) is 0 Å². The molecule has 1 aromatic carbocycles. The van der Waals surface area contributed by atoms with E-state index in [4.69, 9.17) is 0 Å². The molecule has 2 rings (SSSR count). The lowest BCUT2D eigenvalue weighted by Gasteiger charge is -2.24. The molecule has 1 saturated heterocycles. The lowest BCUT2D eigenvalue weighted by molar-refractivity contribution is 0.230. The molecule has 1 aromatic rings. The lowest BCUT2D eigenvalue weighted by atomic mass is 10.0. The first-order valence-electron chi connectivity index (χ1n) is 8.17. The van der Waals surface area contributed by atoms with Crippen LogP contribution in [0.2, 0.25) is 0 Å². The van der Waals surface area contributed by atoms with Crippen molar-refractivity contribution < 1.29 is 0 Å². The monoisotopic (exact) mass is 274 g/mol. The highest BCUT2D eigenvalue weighted by Gasteiger charge is 2.18. The van der Waals surface area contributed by atoms with Crippen molar-refractivity contribution in [1.82, 2.24) is 4.90 Å². The van der Waals surface area contributed by atoms with E-state index in [2.05, 4.69) is 62.2 Å². The highest BCUT2D eigenvalue weighted by molar-refractivity contribution is 5.46. The van der Waals surface area contributed by atoms with Gasteiger partial charge in [0.25, 0.3) is 0 Å². The van der Waals surface area contributed by atoms with Crippen LogP contribution in [0.1, 0.15) is 58.4 Å². The van der Waals surface area contributed by atoms with Gasteiger partial charge in [-0.1, -0.05) is 26.0 Å². The van der Waals surface area contributed by atoms with Crippen molar-refractivity contribution in [2.75, 3.05) is 18.4 Å². The number of hydrogen-bond acceptors (Lipinski definition) is 2. The van der Waals surface area contributed by atoms with Crippen LogP contribution in [0.25, 0.3) is 0 Å². The van der Waals surface area contributed by atoms with Crippen LogP contribution >= 0.6 is 0 Å². The van der Waals surface area contributed by atoms with Crippen LogP contribution in [0.5, 0.6) is 0 Å². The van der Waals surface area contributed by atoms with Gasteiger partial charge in [-0.25, -0.2) is 0 Å². The van der Waals surface area contributed by atoms with Crippen molar-refractivity contribution in [3.63, 3.8) is 0 Å². The summed E-state index contributed by atoms with van der Waals surface area (Å²) >= 11 is 0. The molecule has 1 unspecified atom stereocenters. The Labute approximate surface area is 124 Å². The molecular formula is C18H30N2. The fourth-order valence-electron chi connectivity index (χ4n) is 2.98. The van der Waals surface area contributed by atoms with Crippen LogP contribution in [0, 0.1) is 0 Å². The minimum atomic E-state index is 0.613. The molecule has 1 aliphatic rings. The summed E-state index contributed by atoms with van der Waals surface area (Å²) in [6.07, 6.45) is 3.85. The number of likely N-dealkylation sites (tertiary alicyclic amines) is 1. The maximum atomic E-state index is 3.72. The summed E-state index contributed by atoms with van der Waals surface area (Å²) in [6.45, 7) is 11.6. The van der Waals surface area contributed by atoms with Crippen LogP contribution < -0.4 is 5.32 Å². The number of nitrogens with zero attached hydrogens (tertiary/aromatic N) is 1. The third-order valence-electron chi connectivity index (χ3n) is 4.44. The minimum absolute atomic E-state index is 0.613. The molecule has 1 N–H and O–H groups in total. The van der Waals surface area contributed by atoms with E-state index in [0.717, 1.165) is 0 Å². The van der Waals surface area contributed by atoms with Gasteiger partial charge in [-0.15, -0.1) is 0 Å². The van der Waals surface area contributed by atoms with Gasteiger partial charge in [-0.3, -0.25) is 0 Å². The van der Waals surface area contributed by atoms with Crippen LogP contribution in [0.4, 0.5) is 5.69 Å². The van der Waals surface area contributed by atoms with Gasteiger partial charge in [0, 0.05) is 24.3 Å². The van der Waals surface area contributed by atoms with E-state index in [-0.39, 0.29) is 0 Å². The normalized spacial score (nSPS) is 21.2. The smallest absolute Gasteiger partial charge is 0.0342 e. The minimum Gasteiger partial charge on any atom is -0.382 e. The number of rotatable bonds is 4. The maximum Gasteiger partial charge on any atom is 0.0342 e. The Hall–Kier alpha value is -1.02. The summed E-state index contributed by atoms with van der Waals surface area (Å²) in [5.74, 6) is 0.613. The summed E-state index contributed by atoms with van der Waals surface area (Å²) in [5.41, 5.74) is 2.69. The summed E-state index contributed by atoms with van der Waals surface area (Å²) in [4.78, 5) is 2.60. The molecule has 0 bridgehead atoms. The summed E-state index contributed by atoms with van der Waals surface area (Å²) < 4.78 is 0. The quantitative estimate of drug-likeness (QED) is 0.870. The second kappa shape index (κ2) is 7.12. The Morgan fingerprint density at radius 3 is 2.30 bits per heavy atom. The van der Waals surface area contributed by atoms with Gasteiger partial charge < -0.3 is 10.2 Å². The molecule has 0 aliphatic carbocycles. The molecular weight excluding hydrogens is 244 g/mol. The standard InChI is InChI=1S/C18H30N2/c1-14(2)16-7-9-18(10-8-16)19-17-6-5-12-20(13-11-17)15(3)4/h7-10,14-15,17,19H,5-6,11-13H2,1-4H3. The number of hydrogen-bond donors (Lipinski definition) is 1. The van der Waals surface area contributed by atoms with Gasteiger partial charge in [0.05, 0.1) is 0 Å². The van der Waals surface area contributed by atoms with Crippen molar-refractivity contribution in [2.45, 2.75) is 65.0 Å². The third kappa shape index (κ3) is 4.24. The predicted molar refractivity (Wildman–Crippen MR) is 88.5 cm³/mol. The van der Waals surface area contributed by atoms with Crippen LogP contribution in [-0.4, -0.2) is 30.1 Å². The molecule has 0 amide bonds. The molecule has 0 radical (unpaired) electrons. The predicted octanol–water partition coefficient (Wildman–Crippen LogP) is 4.48.